The van der Waals surface area contributed by atoms with E-state index in [2.05, 4.69) is 97.1 Å². The minimum atomic E-state index is 0. The normalized spacial score (nSPS) is 16.2. The standard InChI is InChI=1S/C23H25N3O.C22H22N2O.C20H26N2O.3CH4/c27-23(21-9-8-19-5-1-2-6-20(19)17-21)10-12-25-13-15-26(16-14-25)18-22-7-3-4-11-24-22;25-22(19-9-8-17-5-1-2-6-18(17)15-19)11-14-24-13-10-20(16-24)21-7-3-4-12-23-21;1-21(2)19-9-12-22(13-10-19)14-11-20(23)18-8-7-16-5-3-4-6-17(16)15-18;;;/h1-9,11,17H,10,12-16,18H2;1-9,12,15,20H,10-11,13-14,16H2;3-8,15,19H,9-14H2,1-2H3;3*1H4. The molecule has 3 saturated heterocycles. The lowest BCUT2D eigenvalue weighted by atomic mass is 10.0. The number of pyridine rings is 2. The minimum Gasteiger partial charge on any atom is -0.306 e. The first-order valence-electron chi connectivity index (χ1n) is 27.1. The molecule has 5 heterocycles. The topological polar surface area (TPSA) is 93.2 Å². The summed E-state index contributed by atoms with van der Waals surface area (Å²) in [7, 11) is 4.31. The predicted molar refractivity (Wildman–Crippen MR) is 326 cm³/mol. The molecule has 11 rings (SSSR count). The van der Waals surface area contributed by atoms with Crippen LogP contribution in [0.1, 0.15) is 109 Å². The quantitative estimate of drug-likeness (QED) is 0.0871. The minimum absolute atomic E-state index is 0. The van der Waals surface area contributed by atoms with E-state index in [-0.39, 0.29) is 39.6 Å². The number of carbonyl (C=O) groups is 3. The number of hydrogen-bond acceptors (Lipinski definition) is 10. The van der Waals surface area contributed by atoms with Crippen molar-refractivity contribution in [2.75, 3.05) is 86.1 Å². The summed E-state index contributed by atoms with van der Waals surface area (Å²) in [5, 5.41) is 6.95. The van der Waals surface area contributed by atoms with Gasteiger partial charge in [0.05, 0.1) is 5.69 Å². The van der Waals surface area contributed by atoms with Gasteiger partial charge in [-0.1, -0.05) is 144 Å². The molecule has 0 spiro atoms. The van der Waals surface area contributed by atoms with Gasteiger partial charge < -0.3 is 19.6 Å². The number of likely N-dealkylation sites (tertiary alicyclic amines) is 2. The van der Waals surface area contributed by atoms with Gasteiger partial charge in [-0.25, -0.2) is 0 Å². The highest BCUT2D eigenvalue weighted by Gasteiger charge is 2.25. The van der Waals surface area contributed by atoms with E-state index >= 15 is 0 Å². The van der Waals surface area contributed by atoms with Crippen LogP contribution in [0.15, 0.2) is 176 Å². The van der Waals surface area contributed by atoms with Gasteiger partial charge in [0.25, 0.3) is 0 Å². The van der Waals surface area contributed by atoms with Crippen LogP contribution < -0.4 is 0 Å². The van der Waals surface area contributed by atoms with E-state index in [1.54, 1.807) is 0 Å². The Morgan fingerprint density at radius 1 is 0.436 bits per heavy atom. The van der Waals surface area contributed by atoms with Crippen molar-refractivity contribution in [2.45, 2.75) is 79.3 Å². The number of fused-ring (bicyclic) bond motifs is 3. The molecular weight excluding hydrogens is 963 g/mol. The van der Waals surface area contributed by atoms with Crippen LogP contribution in [0.2, 0.25) is 0 Å². The Bertz CT molecular complexity index is 3110. The Morgan fingerprint density at radius 2 is 0.833 bits per heavy atom. The molecule has 78 heavy (non-hydrogen) atoms. The zero-order chi connectivity index (χ0) is 51.8. The van der Waals surface area contributed by atoms with Gasteiger partial charge in [0.15, 0.2) is 17.3 Å². The average Bonchev–Trinajstić information content (AvgIpc) is 3.96. The fraction of sp³-hybridized carbons (Fsp3) is 0.368. The fourth-order valence-electron chi connectivity index (χ4n) is 10.7. The third kappa shape index (κ3) is 17.1. The highest BCUT2D eigenvalue weighted by molar-refractivity contribution is 6.01. The molecule has 8 aromatic rings. The van der Waals surface area contributed by atoms with Crippen LogP contribution in [-0.4, -0.2) is 144 Å². The number of benzene rings is 6. The van der Waals surface area contributed by atoms with Crippen molar-refractivity contribution in [1.82, 2.24) is 34.5 Å². The van der Waals surface area contributed by atoms with Gasteiger partial charge in [-0.2, -0.15) is 0 Å². The van der Waals surface area contributed by atoms with E-state index in [4.69, 9.17) is 0 Å². The first kappa shape index (κ1) is 60.4. The maximum atomic E-state index is 12.6. The van der Waals surface area contributed by atoms with Crippen LogP contribution in [0.5, 0.6) is 0 Å². The number of nitrogens with zero attached hydrogens (tertiary/aromatic N) is 7. The first-order valence-corrected chi connectivity index (χ1v) is 27.1. The highest BCUT2D eigenvalue weighted by Crippen LogP contribution is 2.26. The number of Topliss-reactive ketones (excluding diaryl/α,β-unsaturated/α-hetero) is 3. The smallest absolute Gasteiger partial charge is 0.164 e. The van der Waals surface area contributed by atoms with Crippen LogP contribution >= 0.6 is 0 Å². The van der Waals surface area contributed by atoms with Crippen molar-refractivity contribution in [1.29, 1.82) is 0 Å². The van der Waals surface area contributed by atoms with Crippen molar-refractivity contribution < 1.29 is 14.4 Å². The van der Waals surface area contributed by atoms with Crippen molar-refractivity contribution in [3.63, 3.8) is 0 Å². The lowest BCUT2D eigenvalue weighted by Gasteiger charge is -2.35. The number of rotatable bonds is 16. The predicted octanol–water partition coefficient (Wildman–Crippen LogP) is 13.3. The van der Waals surface area contributed by atoms with E-state index in [0.29, 0.717) is 31.2 Å². The van der Waals surface area contributed by atoms with Gasteiger partial charge in [-0.15, -0.1) is 0 Å². The second kappa shape index (κ2) is 30.4. The van der Waals surface area contributed by atoms with Crippen LogP contribution in [0.25, 0.3) is 32.3 Å². The number of aromatic nitrogens is 2. The lowest BCUT2D eigenvalue weighted by molar-refractivity contribution is 0.0918. The molecule has 0 amide bonds. The van der Waals surface area contributed by atoms with E-state index in [0.717, 1.165) is 124 Å². The van der Waals surface area contributed by atoms with Gasteiger partial charge in [0.2, 0.25) is 0 Å². The Labute approximate surface area is 466 Å². The van der Waals surface area contributed by atoms with Gasteiger partial charge in [-0.05, 0) is 128 Å². The molecule has 0 bridgehead atoms. The SMILES string of the molecule is C.C.C.CN(C)C1CCN(CCC(=O)c2ccc3ccccc3c2)CC1.O=C(CCN1CCC(c2ccccn2)C1)c1ccc2ccccc2c1.O=C(CCN1CCN(Cc2ccccn2)CC1)c1ccc2ccccc2c1. The Balaban J connectivity index is 0.000000186. The summed E-state index contributed by atoms with van der Waals surface area (Å²) in [4.78, 5) is 58.5. The molecule has 2 aromatic heterocycles. The number of hydrogen-bond donors (Lipinski definition) is 0. The summed E-state index contributed by atoms with van der Waals surface area (Å²) < 4.78 is 0. The number of carbonyl (C=O) groups excluding carboxylic acids is 3. The molecule has 3 aliphatic rings. The average molecular weight is 1050 g/mol. The zero-order valence-corrected chi connectivity index (χ0v) is 44.0. The van der Waals surface area contributed by atoms with E-state index in [1.807, 2.05) is 128 Å². The summed E-state index contributed by atoms with van der Waals surface area (Å²) in [6.45, 7) is 11.8. The molecule has 3 aliphatic heterocycles. The van der Waals surface area contributed by atoms with Gasteiger partial charge in [0.1, 0.15) is 0 Å². The summed E-state index contributed by atoms with van der Waals surface area (Å²) in [6, 6.07) is 55.5. The molecule has 10 nitrogen and oxygen atoms in total. The fourth-order valence-corrected chi connectivity index (χ4v) is 10.7. The molecule has 1 unspecified atom stereocenters. The summed E-state index contributed by atoms with van der Waals surface area (Å²) >= 11 is 0. The summed E-state index contributed by atoms with van der Waals surface area (Å²) in [6.07, 6.45) is 9.03. The Kier molecular flexibility index (Phi) is 23.5. The van der Waals surface area contributed by atoms with Crippen molar-refractivity contribution in [3.8, 4) is 0 Å². The zero-order valence-electron chi connectivity index (χ0n) is 44.0. The van der Waals surface area contributed by atoms with Gasteiger partial charge in [0, 0.05) is 125 Å². The summed E-state index contributed by atoms with van der Waals surface area (Å²) in [5.74, 6) is 1.21. The molecule has 6 aromatic carbocycles. The Morgan fingerprint density at radius 3 is 1.27 bits per heavy atom. The highest BCUT2D eigenvalue weighted by atomic mass is 16.1. The van der Waals surface area contributed by atoms with Crippen molar-refractivity contribution in [3.05, 3.63) is 204 Å². The summed E-state index contributed by atoms with van der Waals surface area (Å²) in [5.41, 5.74) is 4.77. The van der Waals surface area contributed by atoms with Gasteiger partial charge in [-0.3, -0.25) is 29.3 Å². The second-order valence-electron chi connectivity index (χ2n) is 20.7. The van der Waals surface area contributed by atoms with Gasteiger partial charge >= 0.3 is 0 Å². The lowest BCUT2D eigenvalue weighted by Crippen LogP contribution is -2.46. The monoisotopic (exact) mass is 1050 g/mol. The molecule has 0 aliphatic carbocycles. The molecule has 0 radical (unpaired) electrons. The third-order valence-electron chi connectivity index (χ3n) is 15.4. The van der Waals surface area contributed by atoms with Crippen molar-refractivity contribution >= 4 is 49.7 Å². The largest absolute Gasteiger partial charge is 0.306 e. The third-order valence-corrected chi connectivity index (χ3v) is 15.4. The van der Waals surface area contributed by atoms with E-state index in [9.17, 15) is 14.4 Å². The van der Waals surface area contributed by atoms with Crippen molar-refractivity contribution in [2.24, 2.45) is 0 Å². The molecule has 410 valence electrons. The van der Waals surface area contributed by atoms with Crippen LogP contribution in [0, 0.1) is 0 Å². The van der Waals surface area contributed by atoms with Crippen LogP contribution in [0.3, 0.4) is 0 Å². The van der Waals surface area contributed by atoms with E-state index in [1.165, 1.54) is 34.7 Å². The van der Waals surface area contributed by atoms with Crippen LogP contribution in [-0.2, 0) is 6.54 Å². The molecular formula is C68H85N7O3. The maximum absolute atomic E-state index is 12.6. The number of ketones is 3. The second-order valence-corrected chi connectivity index (χ2v) is 20.7. The number of piperidine rings is 1. The van der Waals surface area contributed by atoms with Crippen LogP contribution in [0.4, 0.5) is 0 Å². The maximum Gasteiger partial charge on any atom is 0.164 e. The molecule has 3 fully saturated rings. The number of piperazine rings is 1. The first-order chi connectivity index (χ1) is 36.7. The molecule has 1 atom stereocenters. The molecule has 0 N–H and O–H groups in total. The Hall–Kier alpha value is -6.79. The molecule has 10 heteroatoms. The van der Waals surface area contributed by atoms with E-state index < -0.39 is 0 Å². The molecule has 0 saturated carbocycles.